The van der Waals surface area contributed by atoms with Crippen LogP contribution in [-0.4, -0.2) is 42.7 Å². The van der Waals surface area contributed by atoms with Gasteiger partial charge in [0.2, 0.25) is 5.95 Å². The molecule has 3 heterocycles. The number of benzene rings is 2. The molecule has 2 aromatic carbocycles. The summed E-state index contributed by atoms with van der Waals surface area (Å²) >= 11 is 0. The first-order chi connectivity index (χ1) is 15.9. The number of halogens is 2. The smallest absolute Gasteiger partial charge is 0.227 e. The lowest BCUT2D eigenvalue weighted by atomic mass is 10.0. The number of hydrogen-bond acceptors (Lipinski definition) is 6. The van der Waals surface area contributed by atoms with Crippen LogP contribution in [0.15, 0.2) is 36.5 Å². The molecule has 5 rings (SSSR count). The molecule has 0 radical (unpaired) electrons. The zero-order chi connectivity index (χ0) is 23.1. The summed E-state index contributed by atoms with van der Waals surface area (Å²) in [6, 6.07) is 9.50. The van der Waals surface area contributed by atoms with Crippen LogP contribution in [0.4, 0.5) is 31.8 Å². The summed E-state index contributed by atoms with van der Waals surface area (Å²) in [6.45, 7) is 7.45. The largest absolute Gasteiger partial charge is 0.369 e. The third kappa shape index (κ3) is 4.11. The zero-order valence-electron chi connectivity index (χ0n) is 19.1. The molecular formula is C25H28F2N6. The molecular weight excluding hydrogens is 422 g/mol. The number of nitrogens with zero attached hydrogens (tertiary/aromatic N) is 4. The number of anilines is 4. The minimum atomic E-state index is -0.586. The van der Waals surface area contributed by atoms with Crippen LogP contribution in [0.1, 0.15) is 25.0 Å². The van der Waals surface area contributed by atoms with E-state index >= 15 is 4.39 Å². The summed E-state index contributed by atoms with van der Waals surface area (Å²) in [5.41, 5.74) is 5.16. The quantitative estimate of drug-likeness (QED) is 0.612. The topological polar surface area (TPSA) is 56.3 Å². The van der Waals surface area contributed by atoms with Gasteiger partial charge in [0.15, 0.2) is 5.82 Å². The molecule has 6 nitrogen and oxygen atoms in total. The highest BCUT2D eigenvalue weighted by Gasteiger charge is 2.27. The van der Waals surface area contributed by atoms with Gasteiger partial charge in [-0.3, -0.25) is 0 Å². The second-order valence-electron chi connectivity index (χ2n) is 8.96. The van der Waals surface area contributed by atoms with E-state index in [0.29, 0.717) is 11.3 Å². The van der Waals surface area contributed by atoms with Gasteiger partial charge in [-0.05, 0) is 62.2 Å². The van der Waals surface area contributed by atoms with Gasteiger partial charge in [-0.15, -0.1) is 0 Å². The van der Waals surface area contributed by atoms with Crippen molar-refractivity contribution < 1.29 is 8.78 Å². The Balaban J connectivity index is 1.51. The van der Waals surface area contributed by atoms with Crippen molar-refractivity contribution in [3.8, 4) is 11.3 Å². The first kappa shape index (κ1) is 21.6. The Kier molecular flexibility index (Phi) is 5.62. The molecule has 0 unspecified atom stereocenters. The summed E-state index contributed by atoms with van der Waals surface area (Å²) < 4.78 is 30.0. The summed E-state index contributed by atoms with van der Waals surface area (Å²) in [5.74, 6) is -0.695. The van der Waals surface area contributed by atoms with Crippen molar-refractivity contribution in [2.24, 2.45) is 0 Å². The molecule has 2 N–H and O–H groups in total. The number of nitrogens with one attached hydrogen (secondary N) is 2. The molecule has 0 aliphatic carbocycles. The van der Waals surface area contributed by atoms with Gasteiger partial charge in [0, 0.05) is 44.0 Å². The second-order valence-corrected chi connectivity index (χ2v) is 8.96. The number of aromatic nitrogens is 2. The number of likely N-dealkylation sites (N-methyl/N-ethyl adjacent to an activating group) is 1. The fraction of sp³-hybridized carbons (Fsp3) is 0.360. The summed E-state index contributed by atoms with van der Waals surface area (Å²) in [5, 5.41) is 6.54. The lowest BCUT2D eigenvalue weighted by Crippen LogP contribution is -2.43. The third-order valence-electron chi connectivity index (χ3n) is 6.40. The van der Waals surface area contributed by atoms with Crippen molar-refractivity contribution in [1.29, 1.82) is 0 Å². The van der Waals surface area contributed by atoms with E-state index in [1.165, 1.54) is 17.2 Å². The molecule has 8 heteroatoms. The average molecular weight is 451 g/mol. The predicted octanol–water partition coefficient (Wildman–Crippen LogP) is 4.48. The highest BCUT2D eigenvalue weighted by atomic mass is 19.1. The van der Waals surface area contributed by atoms with Gasteiger partial charge in [-0.2, -0.15) is 0 Å². The van der Waals surface area contributed by atoms with Crippen LogP contribution >= 0.6 is 0 Å². The van der Waals surface area contributed by atoms with Crippen molar-refractivity contribution in [2.45, 2.75) is 32.9 Å². The van der Waals surface area contributed by atoms with E-state index in [-0.39, 0.29) is 23.5 Å². The number of rotatable bonds is 4. The zero-order valence-corrected chi connectivity index (χ0v) is 19.1. The monoisotopic (exact) mass is 450 g/mol. The molecule has 33 heavy (non-hydrogen) atoms. The Hall–Kier alpha value is -3.26. The minimum absolute atomic E-state index is 0.0771. The first-order valence-electron chi connectivity index (χ1n) is 11.3. The van der Waals surface area contributed by atoms with Crippen molar-refractivity contribution >= 4 is 23.0 Å². The first-order valence-corrected chi connectivity index (χ1v) is 11.3. The normalized spacial score (nSPS) is 15.5. The van der Waals surface area contributed by atoms with Crippen molar-refractivity contribution in [2.75, 3.05) is 41.8 Å². The van der Waals surface area contributed by atoms with Gasteiger partial charge in [0.25, 0.3) is 0 Å². The molecule has 0 amide bonds. The van der Waals surface area contributed by atoms with Gasteiger partial charge in [0.1, 0.15) is 11.5 Å². The summed E-state index contributed by atoms with van der Waals surface area (Å²) in [7, 11) is 1.88. The number of fused-ring (bicyclic) bond motifs is 2. The molecule has 0 saturated carbocycles. The Morgan fingerprint density at radius 2 is 1.91 bits per heavy atom. The van der Waals surface area contributed by atoms with Crippen LogP contribution in [0, 0.1) is 11.6 Å². The van der Waals surface area contributed by atoms with Crippen LogP contribution in [0.3, 0.4) is 0 Å². The standard InChI is InChI=1S/C25H28F2N6/c1-15(2)33-9-8-32(3)24-20(26)11-18(12-22(24)33)23-21(27)14-29-25(31-23)30-19-5-4-17-13-28-7-6-16(17)10-19/h4-5,10-12,14-15,28H,6-9,13H2,1-3H3,(H,29,30,31). The van der Waals surface area contributed by atoms with E-state index in [2.05, 4.69) is 51.5 Å². The Morgan fingerprint density at radius 3 is 2.73 bits per heavy atom. The molecule has 0 bridgehead atoms. The number of hydrogen-bond donors (Lipinski definition) is 2. The molecule has 0 fully saturated rings. The average Bonchev–Trinajstić information content (AvgIpc) is 2.80. The van der Waals surface area contributed by atoms with Crippen LogP contribution in [0.5, 0.6) is 0 Å². The van der Waals surface area contributed by atoms with E-state index in [0.717, 1.165) is 50.2 Å². The van der Waals surface area contributed by atoms with Crippen LogP contribution in [0.2, 0.25) is 0 Å². The second kappa shape index (κ2) is 8.59. The Bertz CT molecular complexity index is 1200. The highest BCUT2D eigenvalue weighted by Crippen LogP contribution is 2.39. The summed E-state index contributed by atoms with van der Waals surface area (Å²) in [6.07, 6.45) is 2.09. The Morgan fingerprint density at radius 1 is 1.06 bits per heavy atom. The van der Waals surface area contributed by atoms with E-state index in [4.69, 9.17) is 0 Å². The molecule has 2 aliphatic heterocycles. The maximum Gasteiger partial charge on any atom is 0.227 e. The lowest BCUT2D eigenvalue weighted by Gasteiger charge is -2.39. The molecule has 1 aromatic heterocycles. The molecule has 0 atom stereocenters. The van der Waals surface area contributed by atoms with Crippen molar-refractivity contribution in [3.05, 3.63) is 59.3 Å². The van der Waals surface area contributed by atoms with Gasteiger partial charge < -0.3 is 20.4 Å². The SMILES string of the molecule is CC(C)N1CCN(C)c2c(F)cc(-c3nc(Nc4ccc5c(c4)CCNC5)ncc3F)cc21. The van der Waals surface area contributed by atoms with Gasteiger partial charge in [0.05, 0.1) is 17.6 Å². The fourth-order valence-electron chi connectivity index (χ4n) is 4.66. The molecule has 3 aromatic rings. The summed E-state index contributed by atoms with van der Waals surface area (Å²) in [4.78, 5) is 12.6. The molecule has 172 valence electrons. The van der Waals surface area contributed by atoms with E-state index < -0.39 is 5.82 Å². The fourth-order valence-corrected chi connectivity index (χ4v) is 4.66. The third-order valence-corrected chi connectivity index (χ3v) is 6.40. The maximum absolute atomic E-state index is 15.2. The van der Waals surface area contributed by atoms with Crippen LogP contribution in [0.25, 0.3) is 11.3 Å². The van der Waals surface area contributed by atoms with Gasteiger partial charge >= 0.3 is 0 Å². The van der Waals surface area contributed by atoms with Crippen molar-refractivity contribution in [1.82, 2.24) is 15.3 Å². The van der Waals surface area contributed by atoms with Crippen LogP contribution < -0.4 is 20.4 Å². The van der Waals surface area contributed by atoms with Gasteiger partial charge in [-0.25, -0.2) is 18.7 Å². The Labute approximate surface area is 192 Å². The highest BCUT2D eigenvalue weighted by molar-refractivity contribution is 5.80. The predicted molar refractivity (Wildman–Crippen MR) is 128 cm³/mol. The maximum atomic E-state index is 15.2. The molecule has 0 saturated heterocycles. The van der Waals surface area contributed by atoms with E-state index in [1.54, 1.807) is 0 Å². The van der Waals surface area contributed by atoms with Crippen LogP contribution in [-0.2, 0) is 13.0 Å². The van der Waals surface area contributed by atoms with Crippen molar-refractivity contribution in [3.63, 3.8) is 0 Å². The molecule has 2 aliphatic rings. The van der Waals surface area contributed by atoms with E-state index in [9.17, 15) is 4.39 Å². The van der Waals surface area contributed by atoms with E-state index in [1.807, 2.05) is 24.1 Å². The minimum Gasteiger partial charge on any atom is -0.369 e. The van der Waals surface area contributed by atoms with Gasteiger partial charge in [-0.1, -0.05) is 6.07 Å². The molecule has 0 spiro atoms. The lowest BCUT2D eigenvalue weighted by molar-refractivity contribution is 0.599.